The summed E-state index contributed by atoms with van der Waals surface area (Å²) in [6, 6.07) is 0. The molecule has 1 saturated heterocycles. The average molecular weight is 385 g/mol. The predicted octanol–water partition coefficient (Wildman–Crippen LogP) is 3.36. The van der Waals surface area contributed by atoms with E-state index in [-0.39, 0.29) is 42.1 Å². The van der Waals surface area contributed by atoms with E-state index in [1.54, 1.807) is 6.92 Å². The summed E-state index contributed by atoms with van der Waals surface area (Å²) in [4.78, 5) is 41.7. The van der Waals surface area contributed by atoms with Crippen LogP contribution in [0.4, 0.5) is 5.00 Å². The molecule has 1 aromatic rings. The molecule has 2 amide bonds. The summed E-state index contributed by atoms with van der Waals surface area (Å²) in [5.41, 5.74) is 1.45. The van der Waals surface area contributed by atoms with Crippen LogP contribution in [-0.2, 0) is 27.2 Å². The number of thiophene rings is 1. The first-order valence-electron chi connectivity index (χ1n) is 9.89. The molecule has 0 N–H and O–H groups in total. The minimum absolute atomic E-state index is 0.126. The summed E-state index contributed by atoms with van der Waals surface area (Å²) in [7, 11) is 0. The van der Waals surface area contributed by atoms with Crippen LogP contribution in [0.3, 0.4) is 0 Å². The van der Waals surface area contributed by atoms with Crippen LogP contribution in [0.2, 0.25) is 0 Å². The van der Waals surface area contributed by atoms with Crippen LogP contribution < -0.4 is 4.90 Å². The lowest BCUT2D eigenvalue weighted by Gasteiger charge is -2.19. The highest BCUT2D eigenvalue weighted by atomic mass is 32.1. The van der Waals surface area contributed by atoms with Crippen molar-refractivity contribution in [2.75, 3.05) is 11.5 Å². The molecule has 3 aliphatic carbocycles. The lowest BCUT2D eigenvalue weighted by Crippen LogP contribution is -2.33. The first-order chi connectivity index (χ1) is 13.0. The van der Waals surface area contributed by atoms with Gasteiger partial charge in [0.25, 0.3) is 0 Å². The molecule has 0 aromatic carbocycles. The van der Waals surface area contributed by atoms with Crippen LogP contribution in [0, 0.1) is 29.6 Å². The number of hydrogen-bond acceptors (Lipinski definition) is 5. The summed E-state index contributed by atoms with van der Waals surface area (Å²) >= 11 is 1.45. The number of ether oxygens (including phenoxy) is 1. The first kappa shape index (κ1) is 17.2. The number of allylic oxidation sites excluding steroid dienone is 2. The third-order valence-electron chi connectivity index (χ3n) is 6.65. The smallest absolute Gasteiger partial charge is 0.341 e. The van der Waals surface area contributed by atoms with E-state index in [2.05, 4.69) is 19.1 Å². The van der Waals surface area contributed by atoms with Gasteiger partial charge >= 0.3 is 5.97 Å². The average Bonchev–Trinajstić information content (AvgIpc) is 3.36. The van der Waals surface area contributed by atoms with E-state index in [1.165, 1.54) is 16.2 Å². The largest absolute Gasteiger partial charge is 0.462 e. The van der Waals surface area contributed by atoms with E-state index >= 15 is 0 Å². The summed E-state index contributed by atoms with van der Waals surface area (Å²) in [5, 5.41) is 0.511. The van der Waals surface area contributed by atoms with Crippen molar-refractivity contribution in [3.63, 3.8) is 0 Å². The Morgan fingerprint density at radius 1 is 1.22 bits per heavy atom. The molecule has 4 aliphatic rings. The van der Waals surface area contributed by atoms with E-state index in [0.29, 0.717) is 16.5 Å². The van der Waals surface area contributed by atoms with Crippen molar-refractivity contribution in [2.45, 2.75) is 39.5 Å². The number of hydrogen-bond donors (Lipinski definition) is 0. The molecule has 0 spiro atoms. The van der Waals surface area contributed by atoms with Gasteiger partial charge in [-0.25, -0.2) is 9.69 Å². The maximum Gasteiger partial charge on any atom is 0.341 e. The summed E-state index contributed by atoms with van der Waals surface area (Å²) < 4.78 is 5.30. The minimum Gasteiger partial charge on any atom is -0.462 e. The number of amides is 2. The standard InChI is InChI=1S/C21H23NO4S/c1-3-26-21(25)17-13-7-4-10(2)8-14(13)27-20(17)22-18(23)15-11-5-6-12(9-11)16(15)19(22)24/h5-6,10-12,15-16H,3-4,7-9H2,1-2H3/t10-,11+,12+,15-,16+/m1/s1. The molecule has 6 heteroatoms. The molecule has 5 rings (SSSR count). The van der Waals surface area contributed by atoms with Gasteiger partial charge < -0.3 is 4.74 Å². The van der Waals surface area contributed by atoms with E-state index in [0.717, 1.165) is 36.1 Å². The topological polar surface area (TPSA) is 63.7 Å². The van der Waals surface area contributed by atoms with Crippen LogP contribution in [0.1, 0.15) is 47.5 Å². The van der Waals surface area contributed by atoms with Crippen molar-refractivity contribution in [1.82, 2.24) is 0 Å². The fraction of sp³-hybridized carbons (Fsp3) is 0.571. The zero-order valence-corrected chi connectivity index (χ0v) is 16.4. The van der Waals surface area contributed by atoms with Crippen LogP contribution >= 0.6 is 11.3 Å². The number of imide groups is 1. The Bertz CT molecular complexity index is 855. The third kappa shape index (κ3) is 2.32. The fourth-order valence-corrected chi connectivity index (χ4v) is 6.92. The molecule has 5 nitrogen and oxygen atoms in total. The lowest BCUT2D eigenvalue weighted by atomic mass is 9.85. The van der Waals surface area contributed by atoms with E-state index < -0.39 is 5.97 Å². The van der Waals surface area contributed by atoms with Crippen molar-refractivity contribution >= 4 is 34.1 Å². The molecular weight excluding hydrogens is 362 g/mol. The normalized spacial score (nSPS) is 33.6. The van der Waals surface area contributed by atoms with Gasteiger partial charge in [0.1, 0.15) is 5.00 Å². The molecule has 1 aromatic heterocycles. The van der Waals surface area contributed by atoms with Crippen molar-refractivity contribution in [2.24, 2.45) is 29.6 Å². The Morgan fingerprint density at radius 3 is 2.52 bits per heavy atom. The third-order valence-corrected chi connectivity index (χ3v) is 7.89. The molecule has 0 unspecified atom stereocenters. The van der Waals surface area contributed by atoms with Crippen LogP contribution in [0.5, 0.6) is 0 Å². The fourth-order valence-electron chi connectivity index (χ4n) is 5.41. The quantitative estimate of drug-likeness (QED) is 0.455. The number of nitrogens with zero attached hydrogens (tertiary/aromatic N) is 1. The highest BCUT2D eigenvalue weighted by Gasteiger charge is 2.60. The van der Waals surface area contributed by atoms with Gasteiger partial charge in [0.2, 0.25) is 11.8 Å². The van der Waals surface area contributed by atoms with Gasteiger partial charge in [-0.05, 0) is 55.9 Å². The Hall–Kier alpha value is -1.95. The number of carbonyl (C=O) groups is 3. The van der Waals surface area contributed by atoms with Crippen molar-refractivity contribution in [1.29, 1.82) is 0 Å². The Labute approximate surface area is 162 Å². The Kier molecular flexibility index (Phi) is 3.83. The second-order valence-corrected chi connectivity index (χ2v) is 9.35. The number of rotatable bonds is 3. The van der Waals surface area contributed by atoms with E-state index in [1.807, 2.05) is 0 Å². The zero-order valence-electron chi connectivity index (χ0n) is 15.6. The van der Waals surface area contributed by atoms with Crippen LogP contribution in [0.15, 0.2) is 12.2 Å². The summed E-state index contributed by atoms with van der Waals surface area (Å²) in [6.45, 7) is 4.26. The van der Waals surface area contributed by atoms with Gasteiger partial charge in [0.15, 0.2) is 0 Å². The van der Waals surface area contributed by atoms with Gasteiger partial charge in [-0.15, -0.1) is 11.3 Å². The van der Waals surface area contributed by atoms with E-state index in [4.69, 9.17) is 4.74 Å². The highest BCUT2D eigenvalue weighted by molar-refractivity contribution is 7.17. The Balaban J connectivity index is 1.60. The maximum absolute atomic E-state index is 13.2. The number of esters is 1. The van der Waals surface area contributed by atoms with Crippen molar-refractivity contribution < 1.29 is 19.1 Å². The van der Waals surface area contributed by atoms with Crippen molar-refractivity contribution in [3.05, 3.63) is 28.2 Å². The summed E-state index contributed by atoms with van der Waals surface area (Å²) in [5.74, 6) is -0.273. The molecule has 0 radical (unpaired) electrons. The number of carbonyl (C=O) groups excluding carboxylic acids is 3. The second kappa shape index (κ2) is 6.03. The summed E-state index contributed by atoms with van der Waals surface area (Å²) in [6.07, 6.45) is 7.79. The van der Waals surface area contributed by atoms with E-state index in [9.17, 15) is 14.4 Å². The molecule has 2 bridgehead atoms. The molecular formula is C21H23NO4S. The zero-order chi connectivity index (χ0) is 18.9. The van der Waals surface area contributed by atoms with Gasteiger partial charge in [-0.2, -0.15) is 0 Å². The van der Waals surface area contributed by atoms with Crippen LogP contribution in [0.25, 0.3) is 0 Å². The molecule has 142 valence electrons. The van der Waals surface area contributed by atoms with Gasteiger partial charge in [0, 0.05) is 4.88 Å². The second-order valence-electron chi connectivity index (χ2n) is 8.26. The lowest BCUT2D eigenvalue weighted by molar-refractivity contribution is -0.123. The molecule has 1 aliphatic heterocycles. The minimum atomic E-state index is -0.404. The van der Waals surface area contributed by atoms with Gasteiger partial charge in [0.05, 0.1) is 24.0 Å². The van der Waals surface area contributed by atoms with Crippen molar-refractivity contribution in [3.8, 4) is 0 Å². The molecule has 1 saturated carbocycles. The monoisotopic (exact) mass is 385 g/mol. The maximum atomic E-state index is 13.2. The number of fused-ring (bicyclic) bond motifs is 6. The molecule has 2 fully saturated rings. The Morgan fingerprint density at radius 2 is 1.89 bits per heavy atom. The van der Waals surface area contributed by atoms with Gasteiger partial charge in [-0.3, -0.25) is 9.59 Å². The molecule has 27 heavy (non-hydrogen) atoms. The first-order valence-corrected chi connectivity index (χ1v) is 10.7. The van der Waals surface area contributed by atoms with Gasteiger partial charge in [-0.1, -0.05) is 19.1 Å². The highest BCUT2D eigenvalue weighted by Crippen LogP contribution is 2.55. The molecule has 2 heterocycles. The van der Waals surface area contributed by atoms with Crippen LogP contribution in [-0.4, -0.2) is 24.4 Å². The molecule has 5 atom stereocenters. The SMILES string of the molecule is CCOC(=O)c1c(N2C(=O)[C@@H]3[C@H](C2=O)[C@H]2C=C[C@H]3C2)sc2c1CC[C@@H](C)C2. The number of anilines is 1. The predicted molar refractivity (Wildman–Crippen MR) is 102 cm³/mol.